The Morgan fingerprint density at radius 3 is 2.74 bits per heavy atom. The van der Waals surface area contributed by atoms with Crippen LogP contribution in [-0.2, 0) is 11.3 Å². The molecule has 0 aliphatic rings. The van der Waals surface area contributed by atoms with Crippen molar-refractivity contribution in [1.82, 2.24) is 10.2 Å². The normalized spacial score (nSPS) is 10.4. The van der Waals surface area contributed by atoms with Crippen LogP contribution in [0.1, 0.15) is 16.2 Å². The molecular formula is C17H12BrN3O6. The molecule has 0 aliphatic carbocycles. The number of carbonyl (C=O) groups excluding carboxylic acids is 1. The number of nitrogens with zero attached hydrogens (tertiary/aromatic N) is 3. The summed E-state index contributed by atoms with van der Waals surface area (Å²) in [5, 5.41) is 19.1. The van der Waals surface area contributed by atoms with Crippen LogP contribution in [0.2, 0.25) is 0 Å². The van der Waals surface area contributed by atoms with Gasteiger partial charge in [-0.1, -0.05) is 12.1 Å². The highest BCUT2D eigenvalue weighted by Crippen LogP contribution is 2.30. The molecule has 3 rings (SSSR count). The van der Waals surface area contributed by atoms with Crippen molar-refractivity contribution in [1.29, 1.82) is 0 Å². The zero-order chi connectivity index (χ0) is 19.4. The van der Waals surface area contributed by atoms with Crippen molar-refractivity contribution in [2.75, 3.05) is 7.11 Å². The van der Waals surface area contributed by atoms with E-state index in [-0.39, 0.29) is 35.4 Å². The van der Waals surface area contributed by atoms with E-state index in [9.17, 15) is 14.9 Å². The molecule has 9 nitrogen and oxygen atoms in total. The molecule has 0 bridgehead atoms. The maximum absolute atomic E-state index is 11.5. The molecule has 27 heavy (non-hydrogen) atoms. The van der Waals surface area contributed by atoms with Crippen molar-refractivity contribution in [3.63, 3.8) is 0 Å². The van der Waals surface area contributed by atoms with Crippen molar-refractivity contribution in [2.24, 2.45) is 0 Å². The van der Waals surface area contributed by atoms with Crippen LogP contribution in [0, 0.1) is 10.1 Å². The first-order valence-corrected chi connectivity index (χ1v) is 8.35. The van der Waals surface area contributed by atoms with Crippen LogP contribution < -0.4 is 4.74 Å². The molecule has 138 valence electrons. The van der Waals surface area contributed by atoms with E-state index in [0.717, 1.165) is 10.5 Å². The predicted molar refractivity (Wildman–Crippen MR) is 96.2 cm³/mol. The number of halogens is 1. The Balaban J connectivity index is 1.78. The van der Waals surface area contributed by atoms with Gasteiger partial charge in [0.15, 0.2) is 12.4 Å². The summed E-state index contributed by atoms with van der Waals surface area (Å²) in [6.07, 6.45) is 0. The molecule has 0 atom stereocenters. The molecular weight excluding hydrogens is 422 g/mol. The molecule has 0 amide bonds. The molecule has 0 unspecified atom stereocenters. The van der Waals surface area contributed by atoms with Crippen LogP contribution in [0.25, 0.3) is 11.5 Å². The minimum atomic E-state index is -0.681. The fourth-order valence-electron chi connectivity index (χ4n) is 2.22. The number of ether oxygens (including phenoxy) is 2. The Kier molecular flexibility index (Phi) is 5.46. The molecule has 0 saturated heterocycles. The lowest BCUT2D eigenvalue weighted by atomic mass is 10.2. The van der Waals surface area contributed by atoms with E-state index in [4.69, 9.17) is 9.15 Å². The van der Waals surface area contributed by atoms with Crippen molar-refractivity contribution < 1.29 is 23.6 Å². The molecule has 2 aromatic carbocycles. The van der Waals surface area contributed by atoms with Gasteiger partial charge in [-0.3, -0.25) is 10.1 Å². The van der Waals surface area contributed by atoms with Gasteiger partial charge >= 0.3 is 11.7 Å². The van der Waals surface area contributed by atoms with Gasteiger partial charge in [0.1, 0.15) is 0 Å². The van der Waals surface area contributed by atoms with Crippen molar-refractivity contribution in [3.05, 3.63) is 68.5 Å². The fraction of sp³-hybridized carbons (Fsp3) is 0.118. The van der Waals surface area contributed by atoms with Crippen LogP contribution in [0.4, 0.5) is 5.69 Å². The van der Waals surface area contributed by atoms with E-state index in [0.29, 0.717) is 5.56 Å². The average molecular weight is 434 g/mol. The fourth-order valence-corrected chi connectivity index (χ4v) is 2.68. The van der Waals surface area contributed by atoms with Crippen LogP contribution in [0.5, 0.6) is 5.75 Å². The monoisotopic (exact) mass is 433 g/mol. The van der Waals surface area contributed by atoms with Gasteiger partial charge in [-0.25, -0.2) is 4.79 Å². The lowest BCUT2D eigenvalue weighted by Crippen LogP contribution is -2.04. The van der Waals surface area contributed by atoms with E-state index in [1.54, 1.807) is 6.07 Å². The summed E-state index contributed by atoms with van der Waals surface area (Å²) in [5.41, 5.74) is 0.388. The van der Waals surface area contributed by atoms with Crippen LogP contribution in [0.15, 0.2) is 51.4 Å². The van der Waals surface area contributed by atoms with Crippen molar-refractivity contribution >= 4 is 27.6 Å². The van der Waals surface area contributed by atoms with E-state index in [2.05, 4.69) is 30.9 Å². The molecule has 1 heterocycles. The summed E-state index contributed by atoms with van der Waals surface area (Å²) in [7, 11) is 1.19. The highest BCUT2D eigenvalue weighted by molar-refractivity contribution is 9.10. The van der Waals surface area contributed by atoms with Gasteiger partial charge in [0.25, 0.3) is 5.89 Å². The van der Waals surface area contributed by atoms with Gasteiger partial charge in [0.2, 0.25) is 5.89 Å². The quantitative estimate of drug-likeness (QED) is 0.327. The molecule has 3 aromatic rings. The smallest absolute Gasteiger partial charge is 0.338 e. The molecule has 10 heteroatoms. The third kappa shape index (κ3) is 4.11. The number of hydrogen-bond acceptors (Lipinski definition) is 8. The Hall–Kier alpha value is -3.27. The Morgan fingerprint density at radius 1 is 1.26 bits per heavy atom. The lowest BCUT2D eigenvalue weighted by molar-refractivity contribution is -0.386. The summed E-state index contributed by atoms with van der Waals surface area (Å²) in [4.78, 5) is 22.1. The van der Waals surface area contributed by atoms with E-state index < -0.39 is 10.9 Å². The number of rotatable bonds is 6. The van der Waals surface area contributed by atoms with Gasteiger partial charge in [-0.05, 0) is 40.2 Å². The molecule has 1 aromatic heterocycles. The standard InChI is InChI=1S/C17H12BrN3O6/c1-25-17(22)10-6-7-14(13(8-10)21(23)24)26-9-15-19-20-16(27-15)11-4-2-3-5-12(11)18/h2-8H,9H2,1H3. The largest absolute Gasteiger partial charge is 0.477 e. The zero-order valence-corrected chi connectivity index (χ0v) is 15.5. The number of nitro benzene ring substituents is 1. The number of methoxy groups -OCH3 is 1. The first-order chi connectivity index (χ1) is 13.0. The summed E-state index contributed by atoms with van der Waals surface area (Å²) in [6, 6.07) is 11.1. The third-order valence-electron chi connectivity index (χ3n) is 3.50. The highest BCUT2D eigenvalue weighted by Gasteiger charge is 2.20. The zero-order valence-electron chi connectivity index (χ0n) is 13.9. The summed E-state index contributed by atoms with van der Waals surface area (Å²) in [6.45, 7) is -0.171. The second-order valence-corrected chi connectivity index (χ2v) is 6.06. The lowest BCUT2D eigenvalue weighted by Gasteiger charge is -2.06. The average Bonchev–Trinajstić information content (AvgIpc) is 3.14. The van der Waals surface area contributed by atoms with Crippen molar-refractivity contribution in [2.45, 2.75) is 6.61 Å². The molecule has 0 fully saturated rings. The van der Waals surface area contributed by atoms with Gasteiger partial charge in [-0.2, -0.15) is 0 Å². The van der Waals surface area contributed by atoms with Crippen LogP contribution >= 0.6 is 15.9 Å². The van der Waals surface area contributed by atoms with E-state index in [1.807, 2.05) is 18.2 Å². The van der Waals surface area contributed by atoms with E-state index >= 15 is 0 Å². The Labute approximate surface area is 161 Å². The summed E-state index contributed by atoms with van der Waals surface area (Å²) >= 11 is 3.40. The third-order valence-corrected chi connectivity index (χ3v) is 4.19. The van der Waals surface area contributed by atoms with Gasteiger partial charge in [0, 0.05) is 10.5 Å². The minimum Gasteiger partial charge on any atom is -0.477 e. The molecule has 0 radical (unpaired) electrons. The SMILES string of the molecule is COC(=O)c1ccc(OCc2nnc(-c3ccccc3Br)o2)c([N+](=O)[O-])c1. The number of nitro groups is 1. The number of esters is 1. The van der Waals surface area contributed by atoms with E-state index in [1.165, 1.54) is 19.2 Å². The first kappa shape index (κ1) is 18.5. The first-order valence-electron chi connectivity index (χ1n) is 7.56. The van der Waals surface area contributed by atoms with Gasteiger partial charge < -0.3 is 13.9 Å². The second-order valence-electron chi connectivity index (χ2n) is 5.20. The highest BCUT2D eigenvalue weighted by atomic mass is 79.9. The summed E-state index contributed by atoms with van der Waals surface area (Å²) < 4.78 is 16.3. The van der Waals surface area contributed by atoms with Crippen LogP contribution in [0.3, 0.4) is 0 Å². The number of aromatic nitrogens is 2. The minimum absolute atomic E-state index is 0.0340. The summed E-state index contributed by atoms with van der Waals surface area (Å²) in [5.74, 6) is -0.281. The number of carbonyl (C=O) groups is 1. The second kappa shape index (κ2) is 7.96. The Morgan fingerprint density at radius 2 is 2.04 bits per heavy atom. The predicted octanol–water partition coefficient (Wildman–Crippen LogP) is 3.77. The maximum Gasteiger partial charge on any atom is 0.338 e. The molecule has 0 saturated carbocycles. The number of benzene rings is 2. The molecule has 0 aliphatic heterocycles. The number of hydrogen-bond donors (Lipinski definition) is 0. The molecule has 0 spiro atoms. The van der Waals surface area contributed by atoms with Crippen LogP contribution in [-0.4, -0.2) is 28.2 Å². The Bertz CT molecular complexity index is 1000. The van der Waals surface area contributed by atoms with Crippen molar-refractivity contribution in [3.8, 4) is 17.2 Å². The molecule has 0 N–H and O–H groups in total. The van der Waals surface area contributed by atoms with Gasteiger partial charge in [-0.15, -0.1) is 10.2 Å². The van der Waals surface area contributed by atoms with Gasteiger partial charge in [0.05, 0.1) is 23.2 Å². The maximum atomic E-state index is 11.5. The topological polar surface area (TPSA) is 118 Å².